The van der Waals surface area contributed by atoms with Crippen LogP contribution in [-0.4, -0.2) is 31.4 Å². The van der Waals surface area contributed by atoms with Gasteiger partial charge in [-0.05, 0) is 17.7 Å². The summed E-state index contributed by atoms with van der Waals surface area (Å²) in [6.07, 6.45) is 0. The summed E-state index contributed by atoms with van der Waals surface area (Å²) < 4.78 is 38.3. The molecule has 124 valence electrons. The zero-order valence-electron chi connectivity index (χ0n) is 13.0. The molecule has 0 amide bonds. The highest BCUT2D eigenvalue weighted by Gasteiger charge is 2.32. The molecule has 2 aromatic carbocycles. The fraction of sp³-hybridized carbons (Fsp3) is 0.278. The molecular weight excluding hydrogens is 327 g/mol. The van der Waals surface area contributed by atoms with E-state index in [9.17, 15) is 12.8 Å². The van der Waals surface area contributed by atoms with Crippen LogP contribution < -0.4 is 0 Å². The Hall–Kier alpha value is -2.23. The van der Waals surface area contributed by atoms with E-state index in [1.807, 2.05) is 41.3 Å². The molecule has 24 heavy (non-hydrogen) atoms. The number of sulfone groups is 1. The van der Waals surface area contributed by atoms with Crippen LogP contribution in [0.25, 0.3) is 0 Å². The number of benzene rings is 2. The Morgan fingerprint density at radius 1 is 1.21 bits per heavy atom. The minimum atomic E-state index is -3.10. The molecule has 1 atom stereocenters. The van der Waals surface area contributed by atoms with Gasteiger partial charge in [-0.3, -0.25) is 4.90 Å². The first-order valence-corrected chi connectivity index (χ1v) is 9.48. The van der Waals surface area contributed by atoms with E-state index >= 15 is 0 Å². The molecule has 0 aliphatic carbocycles. The van der Waals surface area contributed by atoms with Crippen molar-refractivity contribution in [2.24, 2.45) is 0 Å². The normalized spacial score (nSPS) is 20.4. The zero-order valence-corrected chi connectivity index (χ0v) is 13.8. The highest BCUT2D eigenvalue weighted by Crippen LogP contribution is 2.28. The summed E-state index contributed by atoms with van der Waals surface area (Å²) in [5.74, 6) is -0.322. The highest BCUT2D eigenvalue weighted by atomic mass is 32.2. The maximum Gasteiger partial charge on any atom is 0.153 e. The van der Waals surface area contributed by atoms with Crippen LogP contribution in [0.4, 0.5) is 4.39 Å². The molecule has 0 saturated carbocycles. The van der Waals surface area contributed by atoms with Crippen molar-refractivity contribution in [2.75, 3.05) is 18.1 Å². The maximum atomic E-state index is 14.2. The summed E-state index contributed by atoms with van der Waals surface area (Å²) in [6.45, 7) is 0.675. The highest BCUT2D eigenvalue weighted by molar-refractivity contribution is 7.91. The average Bonchev–Trinajstić information content (AvgIpc) is 2.58. The lowest BCUT2D eigenvalue weighted by molar-refractivity contribution is 0.204. The second kappa shape index (κ2) is 6.71. The predicted octanol–water partition coefficient (Wildman–Crippen LogP) is 2.67. The van der Waals surface area contributed by atoms with Gasteiger partial charge in [0.05, 0.1) is 23.1 Å². The minimum Gasteiger partial charge on any atom is -0.290 e. The number of nitrogens with zero attached hydrogens (tertiary/aromatic N) is 2. The Labute approximate surface area is 141 Å². The monoisotopic (exact) mass is 344 g/mol. The van der Waals surface area contributed by atoms with Crippen LogP contribution in [0.1, 0.15) is 22.7 Å². The number of rotatable bonds is 3. The largest absolute Gasteiger partial charge is 0.290 e. The molecule has 1 unspecified atom stereocenters. The average molecular weight is 344 g/mol. The fourth-order valence-corrected chi connectivity index (χ4v) is 4.54. The second-order valence-corrected chi connectivity index (χ2v) is 8.16. The first kappa shape index (κ1) is 16.6. The molecule has 1 saturated heterocycles. The molecule has 4 nitrogen and oxygen atoms in total. The summed E-state index contributed by atoms with van der Waals surface area (Å²) in [5.41, 5.74) is 1.65. The number of hydrogen-bond acceptors (Lipinski definition) is 4. The van der Waals surface area contributed by atoms with E-state index in [1.54, 1.807) is 12.1 Å². The first-order valence-electron chi connectivity index (χ1n) is 7.66. The second-order valence-electron chi connectivity index (χ2n) is 5.93. The van der Waals surface area contributed by atoms with Crippen LogP contribution in [-0.2, 0) is 16.4 Å². The fourth-order valence-electron chi connectivity index (χ4n) is 2.98. The van der Waals surface area contributed by atoms with Crippen LogP contribution in [0.15, 0.2) is 48.5 Å². The molecule has 6 heteroatoms. The van der Waals surface area contributed by atoms with Crippen molar-refractivity contribution in [1.29, 1.82) is 5.26 Å². The lowest BCUT2D eigenvalue weighted by Crippen LogP contribution is -2.42. The van der Waals surface area contributed by atoms with Gasteiger partial charge in [0.1, 0.15) is 5.82 Å². The van der Waals surface area contributed by atoms with Gasteiger partial charge in [0.2, 0.25) is 0 Å². The van der Waals surface area contributed by atoms with Crippen LogP contribution in [0.2, 0.25) is 0 Å². The SMILES string of the molecule is N#Cc1ccc(CN2CCS(=O)(=O)CC2c2ccccc2)c(F)c1. The standard InChI is InChI=1S/C18H17FN2O2S/c19-17-10-14(11-20)6-7-16(17)12-21-8-9-24(22,23)13-18(21)15-4-2-1-3-5-15/h1-7,10,18H,8-9,12-13H2. The van der Waals surface area contributed by atoms with Crippen molar-refractivity contribution in [2.45, 2.75) is 12.6 Å². The van der Waals surface area contributed by atoms with Gasteiger partial charge in [-0.25, -0.2) is 12.8 Å². The van der Waals surface area contributed by atoms with Crippen LogP contribution in [0.5, 0.6) is 0 Å². The zero-order chi connectivity index (χ0) is 17.2. The Bertz CT molecular complexity index is 876. The van der Waals surface area contributed by atoms with E-state index in [4.69, 9.17) is 5.26 Å². The van der Waals surface area contributed by atoms with Gasteiger partial charge >= 0.3 is 0 Å². The smallest absolute Gasteiger partial charge is 0.153 e. The molecule has 2 aromatic rings. The summed E-state index contributed by atoms with van der Waals surface area (Å²) in [7, 11) is -3.10. The van der Waals surface area contributed by atoms with E-state index in [2.05, 4.69) is 0 Å². The van der Waals surface area contributed by atoms with Crippen molar-refractivity contribution in [3.63, 3.8) is 0 Å². The molecule has 0 aromatic heterocycles. The van der Waals surface area contributed by atoms with Gasteiger partial charge < -0.3 is 0 Å². The van der Waals surface area contributed by atoms with Crippen molar-refractivity contribution in [3.8, 4) is 6.07 Å². The third-order valence-corrected chi connectivity index (χ3v) is 5.91. The molecule has 0 N–H and O–H groups in total. The van der Waals surface area contributed by atoms with Crippen molar-refractivity contribution in [3.05, 3.63) is 71.0 Å². The van der Waals surface area contributed by atoms with Gasteiger partial charge in [-0.2, -0.15) is 5.26 Å². The molecule has 3 rings (SSSR count). The lowest BCUT2D eigenvalue weighted by atomic mass is 10.0. The number of hydrogen-bond donors (Lipinski definition) is 0. The van der Waals surface area contributed by atoms with E-state index < -0.39 is 15.7 Å². The van der Waals surface area contributed by atoms with Crippen LogP contribution >= 0.6 is 0 Å². The van der Waals surface area contributed by atoms with E-state index in [-0.39, 0.29) is 23.1 Å². The Kier molecular flexibility index (Phi) is 4.65. The van der Waals surface area contributed by atoms with Gasteiger partial charge in [0, 0.05) is 24.7 Å². The Balaban J connectivity index is 1.89. The van der Waals surface area contributed by atoms with Gasteiger partial charge in [0.25, 0.3) is 0 Å². The quantitative estimate of drug-likeness (QED) is 0.859. The third kappa shape index (κ3) is 3.64. The maximum absolute atomic E-state index is 14.2. The summed E-state index contributed by atoms with van der Waals surface area (Å²) in [5, 5.41) is 8.83. The van der Waals surface area contributed by atoms with E-state index in [0.29, 0.717) is 18.7 Å². The van der Waals surface area contributed by atoms with Gasteiger partial charge in [0.15, 0.2) is 9.84 Å². The minimum absolute atomic E-state index is 0.0366. The van der Waals surface area contributed by atoms with Crippen molar-refractivity contribution >= 4 is 9.84 Å². The molecule has 0 radical (unpaired) electrons. The molecule has 0 spiro atoms. The van der Waals surface area contributed by atoms with Crippen LogP contribution in [0, 0.1) is 17.1 Å². The van der Waals surface area contributed by atoms with E-state index in [0.717, 1.165) is 5.56 Å². The van der Waals surface area contributed by atoms with Crippen LogP contribution in [0.3, 0.4) is 0 Å². The van der Waals surface area contributed by atoms with Crippen molar-refractivity contribution < 1.29 is 12.8 Å². The lowest BCUT2D eigenvalue weighted by Gasteiger charge is -2.35. The molecule has 1 aliphatic rings. The van der Waals surface area contributed by atoms with Gasteiger partial charge in [-0.1, -0.05) is 36.4 Å². The molecule has 1 fully saturated rings. The topological polar surface area (TPSA) is 61.2 Å². The predicted molar refractivity (Wildman–Crippen MR) is 89.4 cm³/mol. The Morgan fingerprint density at radius 2 is 1.96 bits per heavy atom. The van der Waals surface area contributed by atoms with Crippen molar-refractivity contribution in [1.82, 2.24) is 4.90 Å². The molecule has 1 heterocycles. The molecular formula is C18H17FN2O2S. The summed E-state index contributed by atoms with van der Waals surface area (Å²) in [6, 6.07) is 15.4. The number of nitriles is 1. The van der Waals surface area contributed by atoms with E-state index in [1.165, 1.54) is 6.07 Å². The Morgan fingerprint density at radius 3 is 2.62 bits per heavy atom. The van der Waals surface area contributed by atoms with Gasteiger partial charge in [-0.15, -0.1) is 0 Å². The third-order valence-electron chi connectivity index (χ3n) is 4.28. The molecule has 0 bridgehead atoms. The first-order chi connectivity index (χ1) is 11.5. The summed E-state index contributed by atoms with van der Waals surface area (Å²) >= 11 is 0. The summed E-state index contributed by atoms with van der Waals surface area (Å²) in [4.78, 5) is 1.99. The number of halogens is 1. The molecule has 1 aliphatic heterocycles.